The highest BCUT2D eigenvalue weighted by atomic mass is 32.1. The van der Waals surface area contributed by atoms with Crippen molar-refractivity contribution in [1.82, 2.24) is 4.90 Å². The first-order chi connectivity index (χ1) is 12.5. The smallest absolute Gasteiger partial charge is 0.173 e. The zero-order valence-electron chi connectivity index (χ0n) is 15.5. The number of rotatable bonds is 3. The second kappa shape index (κ2) is 7.51. The molecule has 0 fully saturated rings. The Hall–Kier alpha value is -2.31. The van der Waals surface area contributed by atoms with Gasteiger partial charge in [-0.2, -0.15) is 0 Å². The summed E-state index contributed by atoms with van der Waals surface area (Å²) in [7, 11) is 3.23. The Morgan fingerprint density at radius 1 is 1.15 bits per heavy atom. The van der Waals surface area contributed by atoms with Crippen molar-refractivity contribution in [3.8, 4) is 11.5 Å². The van der Waals surface area contributed by atoms with E-state index in [9.17, 15) is 5.11 Å². The van der Waals surface area contributed by atoms with E-state index in [0.717, 1.165) is 28.1 Å². The topological polar surface area (TPSA) is 54.0 Å². The molecule has 0 bridgehead atoms. The first-order valence-corrected chi connectivity index (χ1v) is 8.91. The summed E-state index contributed by atoms with van der Waals surface area (Å²) in [5, 5.41) is 14.6. The summed E-state index contributed by atoms with van der Waals surface area (Å²) in [6, 6.07) is 9.76. The molecule has 0 aliphatic carbocycles. The number of aliphatic hydroxyl groups is 1. The number of fused-ring (bicyclic) bond motifs is 1. The van der Waals surface area contributed by atoms with Crippen LogP contribution in [0.3, 0.4) is 0 Å². The van der Waals surface area contributed by atoms with Crippen LogP contribution in [0.5, 0.6) is 11.5 Å². The Kier molecular flexibility index (Phi) is 5.34. The number of benzene rings is 2. The van der Waals surface area contributed by atoms with Crippen molar-refractivity contribution in [2.24, 2.45) is 0 Å². The van der Waals surface area contributed by atoms with Gasteiger partial charge in [0.05, 0.1) is 20.8 Å². The SMILES string of the molecule is COc1ccc(OC)c2c1CN(C(=S)Nc1cccc(C)c1C)C[C@H]2O. The predicted molar refractivity (Wildman–Crippen MR) is 107 cm³/mol. The summed E-state index contributed by atoms with van der Waals surface area (Å²) >= 11 is 5.61. The van der Waals surface area contributed by atoms with Gasteiger partial charge in [-0.15, -0.1) is 0 Å². The molecule has 2 aromatic carbocycles. The third-order valence-corrected chi connectivity index (χ3v) is 5.28. The average molecular weight is 372 g/mol. The molecule has 3 rings (SSSR count). The molecule has 2 aromatic rings. The number of aryl methyl sites for hydroxylation is 1. The Morgan fingerprint density at radius 3 is 2.54 bits per heavy atom. The van der Waals surface area contributed by atoms with Crippen molar-refractivity contribution in [2.45, 2.75) is 26.5 Å². The lowest BCUT2D eigenvalue weighted by Gasteiger charge is -2.35. The van der Waals surface area contributed by atoms with Crippen LogP contribution >= 0.6 is 12.2 Å². The lowest BCUT2D eigenvalue weighted by molar-refractivity contribution is 0.123. The van der Waals surface area contributed by atoms with Crippen molar-refractivity contribution >= 4 is 23.0 Å². The zero-order valence-corrected chi connectivity index (χ0v) is 16.3. The minimum absolute atomic E-state index is 0.396. The lowest BCUT2D eigenvalue weighted by atomic mass is 9.95. The number of aliphatic hydroxyl groups excluding tert-OH is 1. The van der Waals surface area contributed by atoms with Gasteiger partial charge >= 0.3 is 0 Å². The van der Waals surface area contributed by atoms with Crippen LogP contribution < -0.4 is 14.8 Å². The van der Waals surface area contributed by atoms with Gasteiger partial charge in [0.15, 0.2) is 5.11 Å². The molecule has 1 aliphatic rings. The molecule has 2 N–H and O–H groups in total. The lowest BCUT2D eigenvalue weighted by Crippen LogP contribution is -2.41. The summed E-state index contributed by atoms with van der Waals surface area (Å²) in [4.78, 5) is 1.95. The number of ether oxygens (including phenoxy) is 2. The van der Waals surface area contributed by atoms with E-state index in [2.05, 4.69) is 25.2 Å². The highest BCUT2D eigenvalue weighted by Gasteiger charge is 2.30. The minimum Gasteiger partial charge on any atom is -0.496 e. The average Bonchev–Trinajstić information content (AvgIpc) is 2.64. The number of nitrogens with zero attached hydrogens (tertiary/aromatic N) is 1. The number of hydrogen-bond acceptors (Lipinski definition) is 4. The van der Waals surface area contributed by atoms with Crippen LogP contribution in [0.1, 0.15) is 28.4 Å². The molecule has 0 aromatic heterocycles. The van der Waals surface area contributed by atoms with Crippen LogP contribution in [0.2, 0.25) is 0 Å². The van der Waals surface area contributed by atoms with Gasteiger partial charge in [-0.3, -0.25) is 0 Å². The molecule has 0 saturated carbocycles. The first kappa shape index (κ1) is 18.5. The van der Waals surface area contributed by atoms with E-state index in [1.807, 2.05) is 29.2 Å². The van der Waals surface area contributed by atoms with Gasteiger partial charge in [-0.05, 0) is 55.4 Å². The molecule has 5 nitrogen and oxygen atoms in total. The summed E-state index contributed by atoms with van der Waals surface area (Å²) < 4.78 is 10.9. The predicted octanol–water partition coefficient (Wildman–Crippen LogP) is 3.57. The van der Waals surface area contributed by atoms with Crippen LogP contribution in [0.4, 0.5) is 5.69 Å². The molecule has 0 unspecified atom stereocenters. The Labute approximate surface area is 159 Å². The maximum atomic E-state index is 10.7. The van der Waals surface area contributed by atoms with E-state index >= 15 is 0 Å². The van der Waals surface area contributed by atoms with Crippen LogP contribution in [0.15, 0.2) is 30.3 Å². The second-order valence-electron chi connectivity index (χ2n) is 6.44. The maximum absolute atomic E-state index is 10.7. The van der Waals surface area contributed by atoms with Gasteiger partial charge in [0.1, 0.15) is 17.6 Å². The number of β-amino-alcohol motifs (C(OH)–C–C–N with tert-alkyl or cyclic N) is 1. The van der Waals surface area contributed by atoms with Gasteiger partial charge in [-0.1, -0.05) is 12.1 Å². The number of methoxy groups -OCH3 is 2. The number of anilines is 1. The molecule has 0 radical (unpaired) electrons. The molecular formula is C20H24N2O3S. The van der Waals surface area contributed by atoms with E-state index in [1.54, 1.807) is 14.2 Å². The molecule has 0 spiro atoms. The van der Waals surface area contributed by atoms with Gasteiger partial charge in [0.25, 0.3) is 0 Å². The normalized spacial score (nSPS) is 16.0. The van der Waals surface area contributed by atoms with Crippen molar-refractivity contribution in [2.75, 3.05) is 26.1 Å². The van der Waals surface area contributed by atoms with Crippen molar-refractivity contribution in [3.63, 3.8) is 0 Å². The molecule has 6 heteroatoms. The monoisotopic (exact) mass is 372 g/mol. The highest BCUT2D eigenvalue weighted by molar-refractivity contribution is 7.80. The van der Waals surface area contributed by atoms with Crippen molar-refractivity contribution in [1.29, 1.82) is 0 Å². The van der Waals surface area contributed by atoms with Crippen LogP contribution in [0.25, 0.3) is 0 Å². The van der Waals surface area contributed by atoms with E-state index in [1.165, 1.54) is 5.56 Å². The summed E-state index contributed by atoms with van der Waals surface area (Å²) in [6.07, 6.45) is -0.706. The first-order valence-electron chi connectivity index (χ1n) is 8.50. The van der Waals surface area contributed by atoms with Gasteiger partial charge in [0, 0.05) is 23.4 Å². The molecule has 0 amide bonds. The van der Waals surface area contributed by atoms with Gasteiger partial charge in [-0.25, -0.2) is 0 Å². The number of nitrogens with one attached hydrogen (secondary N) is 1. The van der Waals surface area contributed by atoms with Gasteiger partial charge in [0.2, 0.25) is 0 Å². The standard InChI is InChI=1S/C20H24N2O3S/c1-12-6-5-7-15(13(12)2)21-20(26)22-10-14-17(24-3)8-9-18(25-4)19(14)16(23)11-22/h5-9,16,23H,10-11H2,1-4H3,(H,21,26)/t16-/m1/s1. The molecule has 1 atom stereocenters. The molecule has 0 saturated heterocycles. The fourth-order valence-corrected chi connectivity index (χ4v) is 3.56. The van der Waals surface area contributed by atoms with E-state index < -0.39 is 6.10 Å². The van der Waals surface area contributed by atoms with Gasteiger partial charge < -0.3 is 24.8 Å². The zero-order chi connectivity index (χ0) is 18.8. The Morgan fingerprint density at radius 2 is 1.85 bits per heavy atom. The molecular weight excluding hydrogens is 348 g/mol. The van der Waals surface area contributed by atoms with E-state index in [0.29, 0.717) is 24.0 Å². The van der Waals surface area contributed by atoms with Crippen LogP contribution in [-0.4, -0.2) is 35.9 Å². The second-order valence-corrected chi connectivity index (χ2v) is 6.82. The third kappa shape index (κ3) is 3.34. The quantitative estimate of drug-likeness (QED) is 0.804. The van der Waals surface area contributed by atoms with Crippen molar-refractivity contribution in [3.05, 3.63) is 52.6 Å². The fourth-order valence-electron chi connectivity index (χ4n) is 3.31. The number of thiocarbonyl (C=S) groups is 1. The fraction of sp³-hybridized carbons (Fsp3) is 0.350. The van der Waals surface area contributed by atoms with E-state index in [4.69, 9.17) is 21.7 Å². The Bertz CT molecular complexity index is 838. The summed E-state index contributed by atoms with van der Waals surface area (Å²) in [5.74, 6) is 1.39. The third-order valence-electron chi connectivity index (χ3n) is 4.92. The van der Waals surface area contributed by atoms with Crippen LogP contribution in [-0.2, 0) is 6.54 Å². The molecule has 1 heterocycles. The molecule has 1 aliphatic heterocycles. The summed E-state index contributed by atoms with van der Waals surface area (Å²) in [6.45, 7) is 5.08. The van der Waals surface area contributed by atoms with E-state index in [-0.39, 0.29) is 0 Å². The maximum Gasteiger partial charge on any atom is 0.173 e. The minimum atomic E-state index is -0.706. The molecule has 138 valence electrons. The number of hydrogen-bond donors (Lipinski definition) is 2. The Balaban J connectivity index is 1.88. The highest BCUT2D eigenvalue weighted by Crippen LogP contribution is 2.39. The summed E-state index contributed by atoms with van der Waals surface area (Å²) in [5.41, 5.74) is 5.02. The largest absolute Gasteiger partial charge is 0.496 e. The van der Waals surface area contributed by atoms with Crippen LogP contribution in [0, 0.1) is 13.8 Å². The van der Waals surface area contributed by atoms with Crippen molar-refractivity contribution < 1.29 is 14.6 Å². The molecule has 26 heavy (non-hydrogen) atoms.